The summed E-state index contributed by atoms with van der Waals surface area (Å²) in [5.74, 6) is 0.0620. The molecule has 26 heavy (non-hydrogen) atoms. The number of carboxylic acids is 1. The van der Waals surface area contributed by atoms with Gasteiger partial charge in [0.15, 0.2) is 11.5 Å². The first-order chi connectivity index (χ1) is 12.5. The number of aromatic nitrogens is 2. The van der Waals surface area contributed by atoms with E-state index < -0.39 is 12.0 Å². The summed E-state index contributed by atoms with van der Waals surface area (Å²) in [4.78, 5) is 27.9. The molecule has 1 aromatic heterocycles. The number of anilines is 2. The lowest BCUT2D eigenvalue weighted by atomic mass is 10.1. The summed E-state index contributed by atoms with van der Waals surface area (Å²) in [7, 11) is 1.71. The Bertz CT molecular complexity index is 1040. The van der Waals surface area contributed by atoms with Crippen molar-refractivity contribution in [1.82, 2.24) is 9.55 Å². The number of aryl methyl sites for hydroxylation is 1. The minimum atomic E-state index is -1.10. The number of aromatic carboxylic acids is 1. The first-order valence-corrected chi connectivity index (χ1v) is 7.67. The fourth-order valence-corrected chi connectivity index (χ4v) is 2.80. The number of ether oxygens (including phenoxy) is 2. The van der Waals surface area contributed by atoms with E-state index in [1.54, 1.807) is 35.9 Å². The van der Waals surface area contributed by atoms with Gasteiger partial charge in [0, 0.05) is 24.5 Å². The van der Waals surface area contributed by atoms with Gasteiger partial charge >= 0.3 is 12.0 Å². The monoisotopic (exact) mass is 354 g/mol. The van der Waals surface area contributed by atoms with E-state index in [0.717, 1.165) is 0 Å². The van der Waals surface area contributed by atoms with E-state index in [1.165, 1.54) is 12.4 Å². The Labute approximate surface area is 147 Å². The van der Waals surface area contributed by atoms with Crippen molar-refractivity contribution in [3.8, 4) is 11.5 Å². The van der Waals surface area contributed by atoms with Crippen LogP contribution in [-0.2, 0) is 7.05 Å². The number of carboxylic acid groups (broad SMARTS) is 1. The van der Waals surface area contributed by atoms with Gasteiger partial charge in [-0.15, -0.1) is 0 Å². The topological polar surface area (TPSA) is 115 Å². The number of benzene rings is 2. The summed E-state index contributed by atoms with van der Waals surface area (Å²) in [6.07, 6.45) is 1.52. The van der Waals surface area contributed by atoms with Crippen LogP contribution >= 0.6 is 0 Å². The summed E-state index contributed by atoms with van der Waals surface area (Å²) in [5.41, 5.74) is 1.86. The van der Waals surface area contributed by atoms with Crippen LogP contribution in [0.2, 0.25) is 0 Å². The van der Waals surface area contributed by atoms with E-state index in [4.69, 9.17) is 9.47 Å². The van der Waals surface area contributed by atoms with Gasteiger partial charge in [-0.1, -0.05) is 0 Å². The quantitative estimate of drug-likeness (QED) is 0.666. The zero-order valence-corrected chi connectivity index (χ0v) is 13.6. The summed E-state index contributed by atoms with van der Waals surface area (Å²) >= 11 is 0. The average molecular weight is 354 g/mol. The first kappa shape index (κ1) is 15.8. The van der Waals surface area contributed by atoms with Gasteiger partial charge in [-0.05, 0) is 24.3 Å². The molecule has 0 atom stereocenters. The number of urea groups is 1. The van der Waals surface area contributed by atoms with E-state index in [1.807, 2.05) is 0 Å². The molecule has 0 saturated heterocycles. The van der Waals surface area contributed by atoms with Crippen LogP contribution in [0.4, 0.5) is 16.2 Å². The highest BCUT2D eigenvalue weighted by atomic mass is 16.7. The molecule has 2 amide bonds. The normalized spacial score (nSPS) is 12.2. The predicted octanol–water partition coefficient (Wildman–Crippen LogP) is 2.64. The van der Waals surface area contributed by atoms with Crippen LogP contribution in [-0.4, -0.2) is 33.5 Å². The van der Waals surface area contributed by atoms with Crippen LogP contribution in [0.3, 0.4) is 0 Å². The van der Waals surface area contributed by atoms with Gasteiger partial charge in [-0.3, -0.25) is 0 Å². The highest BCUT2D eigenvalue weighted by Gasteiger charge is 2.17. The van der Waals surface area contributed by atoms with Gasteiger partial charge in [0.05, 0.1) is 22.9 Å². The number of carbonyl (C=O) groups excluding carboxylic acids is 1. The number of imidazole rings is 1. The van der Waals surface area contributed by atoms with Crippen molar-refractivity contribution >= 4 is 34.4 Å². The number of nitrogens with one attached hydrogen (secondary N) is 2. The molecule has 2 aromatic carbocycles. The van der Waals surface area contributed by atoms with Gasteiger partial charge < -0.3 is 29.8 Å². The maximum Gasteiger partial charge on any atom is 0.337 e. The molecular formula is C17H14N4O5. The molecule has 9 heteroatoms. The first-order valence-electron chi connectivity index (χ1n) is 7.67. The third-order valence-electron chi connectivity index (χ3n) is 3.93. The zero-order valence-electron chi connectivity index (χ0n) is 13.6. The molecule has 3 N–H and O–H groups in total. The van der Waals surface area contributed by atoms with Gasteiger partial charge in [-0.25, -0.2) is 14.6 Å². The van der Waals surface area contributed by atoms with Crippen LogP contribution in [0.1, 0.15) is 10.4 Å². The molecule has 0 unspecified atom stereocenters. The number of hydrogen-bond acceptors (Lipinski definition) is 5. The molecule has 0 spiro atoms. The van der Waals surface area contributed by atoms with E-state index in [9.17, 15) is 14.7 Å². The second-order valence-electron chi connectivity index (χ2n) is 5.70. The molecule has 0 aliphatic carbocycles. The van der Waals surface area contributed by atoms with Crippen molar-refractivity contribution in [2.45, 2.75) is 0 Å². The molecule has 4 rings (SSSR count). The Kier molecular flexibility index (Phi) is 3.61. The van der Waals surface area contributed by atoms with Crippen LogP contribution in [0.15, 0.2) is 36.7 Å². The van der Waals surface area contributed by atoms with Gasteiger partial charge in [-0.2, -0.15) is 0 Å². The molecule has 0 radical (unpaired) electrons. The molecule has 9 nitrogen and oxygen atoms in total. The van der Waals surface area contributed by atoms with Crippen molar-refractivity contribution in [3.05, 3.63) is 42.2 Å². The molecule has 0 saturated carbocycles. The van der Waals surface area contributed by atoms with Gasteiger partial charge in [0.2, 0.25) is 6.79 Å². The third-order valence-corrected chi connectivity index (χ3v) is 3.93. The number of hydrogen-bond donors (Lipinski definition) is 3. The minimum absolute atomic E-state index is 0.0564. The molecule has 1 aliphatic heterocycles. The number of rotatable bonds is 3. The van der Waals surface area contributed by atoms with Crippen molar-refractivity contribution in [1.29, 1.82) is 0 Å². The molecule has 0 bridgehead atoms. The summed E-state index contributed by atoms with van der Waals surface area (Å²) in [6.45, 7) is 0.146. The lowest BCUT2D eigenvalue weighted by Crippen LogP contribution is -2.19. The Morgan fingerprint density at radius 2 is 1.88 bits per heavy atom. The number of carbonyl (C=O) groups is 2. The third kappa shape index (κ3) is 2.75. The number of amides is 2. The Morgan fingerprint density at radius 3 is 2.69 bits per heavy atom. The standard InChI is InChI=1S/C17H14N4O5/c1-21-7-18-12-5-10(4-11(15(12)21)16(22)23)20-17(24)19-9-2-3-13-14(6-9)26-8-25-13/h2-7H,8H2,1H3,(H,22,23)(H2,19,20,24). The summed E-state index contributed by atoms with van der Waals surface area (Å²) in [5, 5.41) is 14.7. The number of fused-ring (bicyclic) bond motifs is 2. The molecule has 1 aliphatic rings. The molecular weight excluding hydrogens is 340 g/mol. The maximum atomic E-state index is 12.2. The van der Waals surface area contributed by atoms with Gasteiger partial charge in [0.1, 0.15) is 0 Å². The summed E-state index contributed by atoms with van der Waals surface area (Å²) < 4.78 is 12.1. The highest BCUT2D eigenvalue weighted by Crippen LogP contribution is 2.34. The molecule has 132 valence electrons. The summed E-state index contributed by atoms with van der Waals surface area (Å²) in [6, 6.07) is 7.51. The van der Waals surface area contributed by atoms with Crippen molar-refractivity contribution in [3.63, 3.8) is 0 Å². The SMILES string of the molecule is Cn1cnc2cc(NC(=O)Nc3ccc4c(c3)OCO4)cc(C(=O)O)c21. The van der Waals surface area contributed by atoms with Crippen molar-refractivity contribution in [2.24, 2.45) is 7.05 Å². The zero-order chi connectivity index (χ0) is 18.3. The molecule has 0 fully saturated rings. The maximum absolute atomic E-state index is 12.2. The van der Waals surface area contributed by atoms with Crippen LogP contribution in [0.25, 0.3) is 11.0 Å². The Balaban J connectivity index is 1.57. The lowest BCUT2D eigenvalue weighted by Gasteiger charge is -2.10. The molecule has 3 aromatic rings. The Hall–Kier alpha value is -3.75. The average Bonchev–Trinajstić information content (AvgIpc) is 3.20. The predicted molar refractivity (Wildman–Crippen MR) is 92.9 cm³/mol. The van der Waals surface area contributed by atoms with Crippen LogP contribution < -0.4 is 20.1 Å². The largest absolute Gasteiger partial charge is 0.478 e. The van der Waals surface area contributed by atoms with Crippen molar-refractivity contribution < 1.29 is 24.2 Å². The van der Waals surface area contributed by atoms with Crippen molar-refractivity contribution in [2.75, 3.05) is 17.4 Å². The Morgan fingerprint density at radius 1 is 1.12 bits per heavy atom. The van der Waals surface area contributed by atoms with Crippen LogP contribution in [0, 0.1) is 0 Å². The van der Waals surface area contributed by atoms with E-state index in [0.29, 0.717) is 33.9 Å². The van der Waals surface area contributed by atoms with Crippen LogP contribution in [0.5, 0.6) is 11.5 Å². The minimum Gasteiger partial charge on any atom is -0.478 e. The van der Waals surface area contributed by atoms with E-state index in [-0.39, 0.29) is 12.4 Å². The highest BCUT2D eigenvalue weighted by molar-refractivity contribution is 6.06. The fourth-order valence-electron chi connectivity index (χ4n) is 2.80. The van der Waals surface area contributed by atoms with Gasteiger partial charge in [0.25, 0.3) is 0 Å². The fraction of sp³-hybridized carbons (Fsp3) is 0.118. The van der Waals surface area contributed by atoms with E-state index in [2.05, 4.69) is 15.6 Å². The second-order valence-corrected chi connectivity index (χ2v) is 5.70. The lowest BCUT2D eigenvalue weighted by molar-refractivity contribution is 0.0698. The number of nitrogens with zero attached hydrogens (tertiary/aromatic N) is 2. The molecule has 2 heterocycles. The van der Waals surface area contributed by atoms with E-state index >= 15 is 0 Å². The smallest absolute Gasteiger partial charge is 0.337 e. The second kappa shape index (κ2) is 5.96.